The fourth-order valence-electron chi connectivity index (χ4n) is 2.51. The van der Waals surface area contributed by atoms with Gasteiger partial charge in [0.25, 0.3) is 0 Å². The largest absolute Gasteiger partial charge is 0.377 e. The molecule has 1 fully saturated rings. The lowest BCUT2D eigenvalue weighted by Gasteiger charge is -2.34. The van der Waals surface area contributed by atoms with Crippen LogP contribution in [0, 0.1) is 0 Å². The summed E-state index contributed by atoms with van der Waals surface area (Å²) in [6.45, 7) is 5.47. The van der Waals surface area contributed by atoms with Gasteiger partial charge in [-0.1, -0.05) is 23.7 Å². The molecule has 0 aliphatic carbocycles. The molecule has 0 N–H and O–H groups in total. The molecule has 1 saturated heterocycles. The second kappa shape index (κ2) is 7.37. The third kappa shape index (κ3) is 3.95. The Morgan fingerprint density at radius 1 is 1.18 bits per heavy atom. The minimum Gasteiger partial charge on any atom is -0.377 e. The van der Waals surface area contributed by atoms with Crippen LogP contribution in [0.1, 0.15) is 11.4 Å². The van der Waals surface area contributed by atoms with Gasteiger partial charge in [0.2, 0.25) is 5.13 Å². The Hall–Kier alpha value is -1.21. The molecule has 0 radical (unpaired) electrons. The maximum Gasteiger partial charge on any atom is 0.205 e. The van der Waals surface area contributed by atoms with Crippen molar-refractivity contribution in [1.82, 2.24) is 14.3 Å². The van der Waals surface area contributed by atoms with Crippen LogP contribution in [-0.2, 0) is 17.9 Å². The molecule has 0 bridgehead atoms. The van der Waals surface area contributed by atoms with E-state index in [1.165, 1.54) is 17.1 Å². The molecule has 1 aliphatic rings. The van der Waals surface area contributed by atoms with Gasteiger partial charge in [-0.2, -0.15) is 4.37 Å². The van der Waals surface area contributed by atoms with E-state index in [4.69, 9.17) is 16.3 Å². The van der Waals surface area contributed by atoms with E-state index in [2.05, 4.69) is 31.3 Å². The average Bonchev–Trinajstić information content (AvgIpc) is 2.99. The summed E-state index contributed by atoms with van der Waals surface area (Å²) >= 11 is 7.38. The third-order valence-electron chi connectivity index (χ3n) is 3.69. The highest BCUT2D eigenvalue weighted by Crippen LogP contribution is 2.20. The van der Waals surface area contributed by atoms with Crippen molar-refractivity contribution >= 4 is 28.3 Å². The topological polar surface area (TPSA) is 41.5 Å². The highest BCUT2D eigenvalue weighted by Gasteiger charge is 2.20. The number of benzene rings is 1. The summed E-state index contributed by atoms with van der Waals surface area (Å²) < 4.78 is 9.38. The Balaban J connectivity index is 1.52. The lowest BCUT2D eigenvalue weighted by molar-refractivity contribution is 0.179. The van der Waals surface area contributed by atoms with E-state index < -0.39 is 0 Å². The Bertz CT molecular complexity index is 596. The van der Waals surface area contributed by atoms with Gasteiger partial charge in [-0.25, -0.2) is 4.98 Å². The maximum absolute atomic E-state index is 5.92. The van der Waals surface area contributed by atoms with Crippen molar-refractivity contribution in [3.8, 4) is 0 Å². The number of halogens is 1. The maximum atomic E-state index is 5.92. The minimum atomic E-state index is 0.479. The van der Waals surface area contributed by atoms with Crippen molar-refractivity contribution in [2.24, 2.45) is 0 Å². The number of nitrogens with zero attached hydrogens (tertiary/aromatic N) is 4. The SMILES string of the molecule is COCc1nsc(N2CCN(Cc3ccc(Cl)cc3)CC2)n1. The number of hydrogen-bond donors (Lipinski definition) is 0. The smallest absolute Gasteiger partial charge is 0.205 e. The predicted molar refractivity (Wildman–Crippen MR) is 89.6 cm³/mol. The molecule has 118 valence electrons. The van der Waals surface area contributed by atoms with E-state index in [1.807, 2.05) is 12.1 Å². The zero-order chi connectivity index (χ0) is 15.4. The van der Waals surface area contributed by atoms with Crippen LogP contribution in [0.3, 0.4) is 0 Å². The Morgan fingerprint density at radius 3 is 2.59 bits per heavy atom. The molecule has 0 unspecified atom stereocenters. The number of ether oxygens (including phenoxy) is 1. The van der Waals surface area contributed by atoms with Gasteiger partial charge < -0.3 is 9.64 Å². The standard InChI is InChI=1S/C15H19ClN4OS/c1-21-11-14-17-15(22-18-14)20-8-6-19(7-9-20)10-12-2-4-13(16)5-3-12/h2-5H,6-11H2,1H3. The monoisotopic (exact) mass is 338 g/mol. The first kappa shape index (κ1) is 15.7. The number of methoxy groups -OCH3 is 1. The molecule has 1 aliphatic heterocycles. The van der Waals surface area contributed by atoms with E-state index in [-0.39, 0.29) is 0 Å². The van der Waals surface area contributed by atoms with Gasteiger partial charge in [0.1, 0.15) is 6.61 Å². The lowest BCUT2D eigenvalue weighted by atomic mass is 10.2. The zero-order valence-electron chi connectivity index (χ0n) is 12.5. The number of aromatic nitrogens is 2. The average molecular weight is 339 g/mol. The first-order valence-corrected chi connectivity index (χ1v) is 8.43. The van der Waals surface area contributed by atoms with Crippen LogP contribution >= 0.6 is 23.1 Å². The molecule has 0 saturated carbocycles. The molecule has 0 spiro atoms. The fraction of sp³-hybridized carbons (Fsp3) is 0.467. The molecule has 0 amide bonds. The van der Waals surface area contributed by atoms with Crippen LogP contribution in [-0.4, -0.2) is 47.5 Å². The predicted octanol–water partition coefficient (Wildman–Crippen LogP) is 2.66. The molecule has 7 heteroatoms. The van der Waals surface area contributed by atoms with E-state index in [0.29, 0.717) is 6.61 Å². The summed E-state index contributed by atoms with van der Waals surface area (Å²) in [6.07, 6.45) is 0. The summed E-state index contributed by atoms with van der Waals surface area (Å²) in [5.74, 6) is 0.770. The highest BCUT2D eigenvalue weighted by molar-refractivity contribution is 7.09. The summed E-state index contributed by atoms with van der Waals surface area (Å²) in [5, 5.41) is 1.79. The molecule has 2 heterocycles. The normalized spacial score (nSPS) is 16.2. The van der Waals surface area contributed by atoms with Crippen molar-refractivity contribution in [2.75, 3.05) is 38.2 Å². The van der Waals surface area contributed by atoms with Crippen LogP contribution in [0.25, 0.3) is 0 Å². The molecule has 1 aromatic heterocycles. The second-order valence-corrected chi connectivity index (χ2v) is 6.48. The molecular weight excluding hydrogens is 320 g/mol. The van der Waals surface area contributed by atoms with Crippen LogP contribution in [0.15, 0.2) is 24.3 Å². The zero-order valence-corrected chi connectivity index (χ0v) is 14.1. The summed E-state index contributed by atoms with van der Waals surface area (Å²) in [7, 11) is 1.66. The van der Waals surface area contributed by atoms with Crippen molar-refractivity contribution in [1.29, 1.82) is 0 Å². The summed E-state index contributed by atoms with van der Waals surface area (Å²) in [6, 6.07) is 8.09. The highest BCUT2D eigenvalue weighted by atomic mass is 35.5. The van der Waals surface area contributed by atoms with Gasteiger partial charge in [0, 0.05) is 56.4 Å². The van der Waals surface area contributed by atoms with E-state index >= 15 is 0 Å². The summed E-state index contributed by atoms with van der Waals surface area (Å²) in [5.41, 5.74) is 1.30. The van der Waals surface area contributed by atoms with Gasteiger partial charge in [-0.15, -0.1) is 0 Å². The van der Waals surface area contributed by atoms with Crippen molar-refractivity contribution in [3.05, 3.63) is 40.7 Å². The van der Waals surface area contributed by atoms with Crippen LogP contribution in [0.4, 0.5) is 5.13 Å². The van der Waals surface area contributed by atoms with Crippen LogP contribution in [0.2, 0.25) is 5.02 Å². The van der Waals surface area contributed by atoms with Crippen LogP contribution in [0.5, 0.6) is 0 Å². The van der Waals surface area contributed by atoms with Crippen molar-refractivity contribution in [3.63, 3.8) is 0 Å². The summed E-state index contributed by atoms with van der Waals surface area (Å²) in [4.78, 5) is 9.27. The number of piperazine rings is 1. The van der Waals surface area contributed by atoms with E-state index in [1.54, 1.807) is 7.11 Å². The van der Waals surface area contributed by atoms with Gasteiger partial charge in [0.15, 0.2) is 5.82 Å². The molecule has 3 rings (SSSR count). The van der Waals surface area contributed by atoms with Gasteiger partial charge in [-0.05, 0) is 17.7 Å². The molecule has 2 aromatic rings. The van der Waals surface area contributed by atoms with Crippen molar-refractivity contribution < 1.29 is 4.74 Å². The Morgan fingerprint density at radius 2 is 1.91 bits per heavy atom. The number of anilines is 1. The quantitative estimate of drug-likeness (QED) is 0.838. The molecular formula is C15H19ClN4OS. The first-order chi connectivity index (χ1) is 10.7. The number of rotatable bonds is 5. The minimum absolute atomic E-state index is 0.479. The lowest BCUT2D eigenvalue weighted by Crippen LogP contribution is -2.45. The van der Waals surface area contributed by atoms with Crippen LogP contribution < -0.4 is 4.90 Å². The number of hydrogen-bond acceptors (Lipinski definition) is 6. The van der Waals surface area contributed by atoms with Crippen molar-refractivity contribution in [2.45, 2.75) is 13.2 Å². The van der Waals surface area contributed by atoms with Gasteiger partial charge >= 0.3 is 0 Å². The molecule has 0 atom stereocenters. The molecule has 1 aromatic carbocycles. The second-order valence-electron chi connectivity index (χ2n) is 5.32. The first-order valence-electron chi connectivity index (χ1n) is 7.28. The fourth-order valence-corrected chi connectivity index (χ4v) is 3.36. The third-order valence-corrected chi connectivity index (χ3v) is 4.76. The molecule has 5 nitrogen and oxygen atoms in total. The van der Waals surface area contributed by atoms with E-state index in [9.17, 15) is 0 Å². The van der Waals surface area contributed by atoms with Gasteiger partial charge in [0.05, 0.1) is 0 Å². The van der Waals surface area contributed by atoms with E-state index in [0.717, 1.165) is 48.7 Å². The van der Waals surface area contributed by atoms with Gasteiger partial charge in [-0.3, -0.25) is 4.90 Å². The Labute approximate surface area is 139 Å². The Kier molecular flexibility index (Phi) is 5.25. The molecule has 22 heavy (non-hydrogen) atoms.